The molecule has 27 heavy (non-hydrogen) atoms. The van der Waals surface area contributed by atoms with Gasteiger partial charge in [-0.2, -0.15) is 0 Å². The molecule has 8 nitrogen and oxygen atoms in total. The zero-order valence-electron chi connectivity index (χ0n) is 15.2. The molecular formula is C18H20ClN3O5. The van der Waals surface area contributed by atoms with E-state index in [4.69, 9.17) is 21.1 Å². The molecule has 0 aliphatic heterocycles. The van der Waals surface area contributed by atoms with Crippen LogP contribution in [0.15, 0.2) is 36.4 Å². The third-order valence-corrected chi connectivity index (χ3v) is 4.03. The summed E-state index contributed by atoms with van der Waals surface area (Å²) < 4.78 is 10.9. The number of nitrogens with zero attached hydrogens (tertiary/aromatic N) is 2. The molecular weight excluding hydrogens is 374 g/mol. The number of carbonyl (C=O) groups excluding carboxylic acids is 1. The van der Waals surface area contributed by atoms with Gasteiger partial charge in [-0.1, -0.05) is 11.6 Å². The van der Waals surface area contributed by atoms with Crippen molar-refractivity contribution in [2.45, 2.75) is 0 Å². The van der Waals surface area contributed by atoms with Crippen LogP contribution in [0, 0.1) is 10.1 Å². The minimum Gasteiger partial charge on any atom is -0.493 e. The summed E-state index contributed by atoms with van der Waals surface area (Å²) in [7, 11) is 4.94. The summed E-state index contributed by atoms with van der Waals surface area (Å²) in [6.45, 7) is 1.22. The number of nitro groups is 1. The van der Waals surface area contributed by atoms with Crippen molar-refractivity contribution in [2.24, 2.45) is 0 Å². The summed E-state index contributed by atoms with van der Waals surface area (Å²) in [6.07, 6.45) is 0. The molecule has 144 valence electrons. The number of nitro benzene ring substituents is 1. The topological polar surface area (TPSA) is 93.9 Å². The largest absolute Gasteiger partial charge is 0.493 e. The van der Waals surface area contributed by atoms with E-state index in [1.807, 2.05) is 7.05 Å². The summed E-state index contributed by atoms with van der Waals surface area (Å²) in [5.74, 6) is 0.380. The number of rotatable bonds is 8. The molecule has 1 N–H and O–H groups in total. The van der Waals surface area contributed by atoms with E-state index >= 15 is 0 Å². The number of nitrogens with one attached hydrogen (secondary N) is 1. The predicted octanol–water partition coefficient (Wildman–Crippen LogP) is 3.34. The van der Waals surface area contributed by atoms with Crippen molar-refractivity contribution in [2.75, 3.05) is 34.3 Å². The molecule has 2 aromatic carbocycles. The highest BCUT2D eigenvalue weighted by Gasteiger charge is 2.19. The lowest BCUT2D eigenvalue weighted by atomic mass is 10.1. The van der Waals surface area contributed by atoms with Crippen LogP contribution >= 0.6 is 11.6 Å². The van der Waals surface area contributed by atoms with E-state index in [2.05, 4.69) is 5.32 Å². The van der Waals surface area contributed by atoms with Gasteiger partial charge >= 0.3 is 5.69 Å². The van der Waals surface area contributed by atoms with Gasteiger partial charge in [0.05, 0.1) is 12.0 Å². The summed E-state index contributed by atoms with van der Waals surface area (Å²) >= 11 is 5.81. The number of benzene rings is 2. The monoisotopic (exact) mass is 393 g/mol. The second-order valence-electron chi connectivity index (χ2n) is 5.67. The number of methoxy groups -OCH3 is 1. The third kappa shape index (κ3) is 5.08. The van der Waals surface area contributed by atoms with Crippen LogP contribution in [0.1, 0.15) is 10.4 Å². The zero-order valence-corrected chi connectivity index (χ0v) is 15.9. The molecule has 1 amide bonds. The fraction of sp³-hybridized carbons (Fsp3) is 0.278. The van der Waals surface area contributed by atoms with Crippen LogP contribution in [-0.2, 0) is 0 Å². The van der Waals surface area contributed by atoms with E-state index in [1.165, 1.54) is 37.4 Å². The highest BCUT2D eigenvalue weighted by atomic mass is 35.5. The van der Waals surface area contributed by atoms with E-state index < -0.39 is 4.92 Å². The van der Waals surface area contributed by atoms with E-state index in [0.717, 1.165) is 0 Å². The molecule has 0 saturated carbocycles. The minimum atomic E-state index is -0.581. The maximum Gasteiger partial charge on any atom is 0.313 e. The lowest BCUT2D eigenvalue weighted by molar-refractivity contribution is -0.385. The number of ether oxygens (including phenoxy) is 2. The van der Waals surface area contributed by atoms with Crippen LogP contribution in [0.2, 0.25) is 5.02 Å². The Kier molecular flexibility index (Phi) is 6.98. The summed E-state index contributed by atoms with van der Waals surface area (Å²) in [5.41, 5.74) is 0.153. The Morgan fingerprint density at radius 3 is 2.56 bits per heavy atom. The van der Waals surface area contributed by atoms with Crippen LogP contribution < -0.4 is 14.8 Å². The Morgan fingerprint density at radius 2 is 1.93 bits per heavy atom. The van der Waals surface area contributed by atoms with Gasteiger partial charge in [0.15, 0.2) is 11.5 Å². The molecule has 0 fully saturated rings. The van der Waals surface area contributed by atoms with Crippen molar-refractivity contribution in [1.29, 1.82) is 0 Å². The number of hydrogen-bond donors (Lipinski definition) is 1. The lowest BCUT2D eigenvalue weighted by Gasteiger charge is -2.18. The van der Waals surface area contributed by atoms with Gasteiger partial charge in [0.25, 0.3) is 5.91 Å². The normalized spacial score (nSPS) is 10.4. The van der Waals surface area contributed by atoms with Gasteiger partial charge in [-0.15, -0.1) is 0 Å². The number of carbonyl (C=O) groups is 1. The van der Waals surface area contributed by atoms with E-state index in [-0.39, 0.29) is 33.9 Å². The molecule has 2 aromatic rings. The van der Waals surface area contributed by atoms with Crippen LogP contribution in [0.25, 0.3) is 0 Å². The van der Waals surface area contributed by atoms with Gasteiger partial charge in [0, 0.05) is 36.8 Å². The minimum absolute atomic E-state index is 0.0212. The van der Waals surface area contributed by atoms with Gasteiger partial charge < -0.3 is 19.7 Å². The number of halogens is 1. The fourth-order valence-electron chi connectivity index (χ4n) is 2.32. The van der Waals surface area contributed by atoms with Gasteiger partial charge in [0.2, 0.25) is 5.75 Å². The first kappa shape index (κ1) is 20.5. The van der Waals surface area contributed by atoms with Crippen molar-refractivity contribution in [1.82, 2.24) is 10.2 Å². The average Bonchev–Trinajstić information content (AvgIpc) is 2.66. The maximum atomic E-state index is 12.5. The molecule has 0 radical (unpaired) electrons. The second-order valence-corrected chi connectivity index (χ2v) is 6.10. The highest BCUT2D eigenvalue weighted by molar-refractivity contribution is 6.30. The van der Waals surface area contributed by atoms with Crippen molar-refractivity contribution in [3.05, 3.63) is 57.1 Å². The Bertz CT molecular complexity index is 844. The summed E-state index contributed by atoms with van der Waals surface area (Å²) in [6, 6.07) is 8.76. The Morgan fingerprint density at radius 1 is 1.22 bits per heavy atom. The molecule has 0 unspecified atom stereocenters. The van der Waals surface area contributed by atoms with Crippen LogP contribution in [0.3, 0.4) is 0 Å². The Labute approximate surface area is 161 Å². The molecule has 0 heterocycles. The predicted molar refractivity (Wildman–Crippen MR) is 102 cm³/mol. The van der Waals surface area contributed by atoms with Crippen molar-refractivity contribution >= 4 is 23.2 Å². The molecule has 0 spiro atoms. The zero-order chi connectivity index (χ0) is 20.0. The molecule has 0 saturated heterocycles. The molecule has 0 aliphatic rings. The number of hydrogen-bond acceptors (Lipinski definition) is 6. The van der Waals surface area contributed by atoms with E-state index in [0.29, 0.717) is 18.7 Å². The SMILES string of the molecule is CNCCN(C)C(=O)c1ccc(Oc2ccc(Cl)cc2[N+](=O)[O-])c(OC)c1. The third-order valence-electron chi connectivity index (χ3n) is 3.79. The molecule has 0 aromatic heterocycles. The van der Waals surface area contributed by atoms with Crippen molar-refractivity contribution in [3.63, 3.8) is 0 Å². The highest BCUT2D eigenvalue weighted by Crippen LogP contribution is 2.38. The van der Waals surface area contributed by atoms with E-state index in [9.17, 15) is 14.9 Å². The van der Waals surface area contributed by atoms with E-state index in [1.54, 1.807) is 18.0 Å². The average molecular weight is 394 g/mol. The maximum absolute atomic E-state index is 12.5. The number of amides is 1. The first-order valence-corrected chi connectivity index (χ1v) is 8.45. The molecule has 0 bridgehead atoms. The lowest BCUT2D eigenvalue weighted by Crippen LogP contribution is -2.32. The van der Waals surface area contributed by atoms with Crippen LogP contribution in [0.5, 0.6) is 17.2 Å². The molecule has 9 heteroatoms. The van der Waals surface area contributed by atoms with Crippen LogP contribution in [-0.4, -0.2) is 50.0 Å². The summed E-state index contributed by atoms with van der Waals surface area (Å²) in [5, 5.41) is 14.4. The van der Waals surface area contributed by atoms with Gasteiger partial charge in [-0.3, -0.25) is 14.9 Å². The van der Waals surface area contributed by atoms with Crippen molar-refractivity contribution < 1.29 is 19.2 Å². The fourth-order valence-corrected chi connectivity index (χ4v) is 2.49. The smallest absolute Gasteiger partial charge is 0.313 e. The first-order chi connectivity index (χ1) is 12.9. The van der Waals surface area contributed by atoms with Gasteiger partial charge in [-0.25, -0.2) is 0 Å². The summed E-state index contributed by atoms with van der Waals surface area (Å²) in [4.78, 5) is 24.7. The Balaban J connectivity index is 2.30. The molecule has 0 atom stereocenters. The Hall–Kier alpha value is -2.84. The standard InChI is InChI=1S/C18H20ClN3O5/c1-20-8-9-21(2)18(23)12-4-6-16(17(10-12)26-3)27-15-7-5-13(19)11-14(15)22(24)25/h4-7,10-11,20H,8-9H2,1-3H3. The molecule has 2 rings (SSSR count). The van der Waals surface area contributed by atoms with Crippen molar-refractivity contribution in [3.8, 4) is 17.2 Å². The first-order valence-electron chi connectivity index (χ1n) is 8.07. The van der Waals surface area contributed by atoms with Crippen LogP contribution in [0.4, 0.5) is 5.69 Å². The van der Waals surface area contributed by atoms with Gasteiger partial charge in [0.1, 0.15) is 0 Å². The second kappa shape index (κ2) is 9.20. The quantitative estimate of drug-likeness (QED) is 0.546. The molecule has 0 aliphatic carbocycles. The number of likely N-dealkylation sites (N-methyl/N-ethyl adjacent to an activating group) is 2. The van der Waals surface area contributed by atoms with Gasteiger partial charge in [-0.05, 0) is 37.4 Å².